The Hall–Kier alpha value is -2.31. The van der Waals surface area contributed by atoms with E-state index in [9.17, 15) is 13.2 Å². The summed E-state index contributed by atoms with van der Waals surface area (Å²) in [4.78, 5) is 7.85. The lowest BCUT2D eigenvalue weighted by atomic mass is 10.1. The van der Waals surface area contributed by atoms with Crippen molar-refractivity contribution in [3.8, 4) is 17.0 Å². The van der Waals surface area contributed by atoms with E-state index in [0.717, 1.165) is 12.1 Å². The van der Waals surface area contributed by atoms with Gasteiger partial charge in [0.15, 0.2) is 29.0 Å². The first-order chi connectivity index (χ1) is 9.60. The highest BCUT2D eigenvalue weighted by atomic mass is 19.2. The molecule has 0 saturated heterocycles. The van der Waals surface area contributed by atoms with Crippen LogP contribution in [0.15, 0.2) is 18.5 Å². The quantitative estimate of drug-likeness (QED) is 0.876. The van der Waals surface area contributed by atoms with Crippen molar-refractivity contribution in [2.24, 2.45) is 0 Å². The van der Waals surface area contributed by atoms with Gasteiger partial charge in [0, 0.05) is 12.1 Å². The van der Waals surface area contributed by atoms with Crippen LogP contribution >= 0.6 is 0 Å². The van der Waals surface area contributed by atoms with Gasteiger partial charge in [-0.2, -0.15) is 0 Å². The minimum Gasteiger partial charge on any atom is -0.491 e. The van der Waals surface area contributed by atoms with Crippen LogP contribution < -0.4 is 10.1 Å². The van der Waals surface area contributed by atoms with Crippen molar-refractivity contribution in [1.82, 2.24) is 9.97 Å². The number of hydrogen-bond acceptors (Lipinski definition) is 4. The Morgan fingerprint density at radius 2 is 1.90 bits per heavy atom. The predicted molar refractivity (Wildman–Crippen MR) is 68.1 cm³/mol. The first-order valence-electron chi connectivity index (χ1n) is 5.86. The fraction of sp³-hybridized carbons (Fsp3) is 0.231. The number of benzene rings is 1. The van der Waals surface area contributed by atoms with Gasteiger partial charge in [0.2, 0.25) is 0 Å². The van der Waals surface area contributed by atoms with Crippen LogP contribution in [0, 0.1) is 17.5 Å². The monoisotopic (exact) mass is 283 g/mol. The van der Waals surface area contributed by atoms with E-state index in [-0.39, 0.29) is 17.0 Å². The molecule has 0 bridgehead atoms. The summed E-state index contributed by atoms with van der Waals surface area (Å²) in [5, 5.41) is 2.92. The molecule has 0 aliphatic heterocycles. The van der Waals surface area contributed by atoms with Gasteiger partial charge >= 0.3 is 0 Å². The SMILES string of the molecule is CCNc1ncnc(-c2ccc(F)c(F)c2F)c1OC. The molecular formula is C13H12F3N3O. The molecule has 2 rings (SSSR count). The molecule has 0 radical (unpaired) electrons. The predicted octanol–water partition coefficient (Wildman–Crippen LogP) is 3.00. The molecule has 1 N–H and O–H groups in total. The average Bonchev–Trinajstić information content (AvgIpc) is 2.45. The minimum absolute atomic E-state index is 0.0508. The number of hydrogen-bond donors (Lipinski definition) is 1. The standard InChI is InChI=1S/C13H12F3N3O/c1-3-17-13-12(20-2)11(18-6-19-13)7-4-5-8(14)10(16)9(7)15/h4-6H,3H2,1-2H3,(H,17,18,19). The van der Waals surface area contributed by atoms with E-state index in [1.54, 1.807) is 0 Å². The van der Waals surface area contributed by atoms with Crippen LogP contribution in [0.4, 0.5) is 19.0 Å². The van der Waals surface area contributed by atoms with E-state index >= 15 is 0 Å². The highest BCUT2D eigenvalue weighted by Gasteiger charge is 2.20. The summed E-state index contributed by atoms with van der Waals surface area (Å²) in [5.74, 6) is -3.60. The molecule has 106 valence electrons. The maximum absolute atomic E-state index is 13.8. The fourth-order valence-corrected chi connectivity index (χ4v) is 1.76. The first kappa shape index (κ1) is 14.1. The molecule has 0 fully saturated rings. The third-order valence-electron chi connectivity index (χ3n) is 2.64. The van der Waals surface area contributed by atoms with Crippen molar-refractivity contribution in [3.05, 3.63) is 35.9 Å². The van der Waals surface area contributed by atoms with Crippen molar-refractivity contribution in [2.45, 2.75) is 6.92 Å². The first-order valence-corrected chi connectivity index (χ1v) is 5.86. The zero-order valence-corrected chi connectivity index (χ0v) is 10.9. The van der Waals surface area contributed by atoms with Gasteiger partial charge in [0.25, 0.3) is 0 Å². The Morgan fingerprint density at radius 3 is 2.55 bits per heavy atom. The molecule has 1 heterocycles. The molecule has 0 spiro atoms. The summed E-state index contributed by atoms with van der Waals surface area (Å²) in [5.41, 5.74) is -0.142. The highest BCUT2D eigenvalue weighted by molar-refractivity contribution is 5.73. The summed E-state index contributed by atoms with van der Waals surface area (Å²) >= 11 is 0. The normalized spacial score (nSPS) is 10.4. The van der Waals surface area contributed by atoms with Gasteiger partial charge in [0.1, 0.15) is 12.0 Å². The molecule has 0 unspecified atom stereocenters. The molecule has 4 nitrogen and oxygen atoms in total. The lowest BCUT2D eigenvalue weighted by molar-refractivity contribution is 0.413. The van der Waals surface area contributed by atoms with Gasteiger partial charge in [0.05, 0.1) is 7.11 Å². The van der Waals surface area contributed by atoms with E-state index < -0.39 is 17.5 Å². The molecule has 7 heteroatoms. The maximum atomic E-state index is 13.8. The van der Waals surface area contributed by atoms with Gasteiger partial charge in [-0.15, -0.1) is 0 Å². The molecule has 0 aliphatic rings. The highest BCUT2D eigenvalue weighted by Crippen LogP contribution is 2.35. The molecule has 0 atom stereocenters. The van der Waals surface area contributed by atoms with Crippen molar-refractivity contribution in [2.75, 3.05) is 19.0 Å². The van der Waals surface area contributed by atoms with Crippen molar-refractivity contribution in [1.29, 1.82) is 0 Å². The number of nitrogens with one attached hydrogen (secondary N) is 1. The smallest absolute Gasteiger partial charge is 0.195 e. The van der Waals surface area contributed by atoms with E-state index in [1.165, 1.54) is 13.4 Å². The van der Waals surface area contributed by atoms with E-state index in [0.29, 0.717) is 12.4 Å². The lowest BCUT2D eigenvalue weighted by Gasteiger charge is -2.13. The maximum Gasteiger partial charge on any atom is 0.195 e. The van der Waals surface area contributed by atoms with Gasteiger partial charge in [-0.1, -0.05) is 0 Å². The number of halogens is 3. The zero-order valence-electron chi connectivity index (χ0n) is 10.9. The summed E-state index contributed by atoms with van der Waals surface area (Å²) in [7, 11) is 1.36. The van der Waals surface area contributed by atoms with Crippen molar-refractivity contribution < 1.29 is 17.9 Å². The largest absolute Gasteiger partial charge is 0.491 e. The second-order valence-corrected chi connectivity index (χ2v) is 3.86. The van der Waals surface area contributed by atoms with Gasteiger partial charge < -0.3 is 10.1 Å². The van der Waals surface area contributed by atoms with Crippen LogP contribution in [0.3, 0.4) is 0 Å². The number of ether oxygens (including phenoxy) is 1. The molecule has 1 aromatic heterocycles. The Bertz CT molecular complexity index is 634. The van der Waals surface area contributed by atoms with E-state index in [1.807, 2.05) is 6.92 Å². The van der Waals surface area contributed by atoms with Crippen LogP contribution in [0.25, 0.3) is 11.3 Å². The molecule has 1 aromatic carbocycles. The number of nitrogens with zero attached hydrogens (tertiary/aromatic N) is 2. The third-order valence-corrected chi connectivity index (χ3v) is 2.64. The third kappa shape index (κ3) is 2.38. The van der Waals surface area contributed by atoms with Gasteiger partial charge in [-0.05, 0) is 19.1 Å². The van der Waals surface area contributed by atoms with Crippen LogP contribution in [0.2, 0.25) is 0 Å². The molecule has 0 saturated carbocycles. The fourth-order valence-electron chi connectivity index (χ4n) is 1.76. The van der Waals surface area contributed by atoms with Crippen molar-refractivity contribution >= 4 is 5.82 Å². The van der Waals surface area contributed by atoms with Crippen LogP contribution in [-0.2, 0) is 0 Å². The van der Waals surface area contributed by atoms with Gasteiger partial charge in [-0.3, -0.25) is 0 Å². The lowest BCUT2D eigenvalue weighted by Crippen LogP contribution is -2.05. The minimum atomic E-state index is -1.55. The Labute approximate surface area is 113 Å². The number of anilines is 1. The average molecular weight is 283 g/mol. The second kappa shape index (κ2) is 5.77. The van der Waals surface area contributed by atoms with E-state index in [4.69, 9.17) is 4.74 Å². The summed E-state index contributed by atoms with van der Waals surface area (Å²) in [6.07, 6.45) is 1.19. The van der Waals surface area contributed by atoms with E-state index in [2.05, 4.69) is 15.3 Å². The molecule has 0 amide bonds. The Morgan fingerprint density at radius 1 is 1.15 bits per heavy atom. The van der Waals surface area contributed by atoms with Gasteiger partial charge in [-0.25, -0.2) is 23.1 Å². The van der Waals surface area contributed by atoms with Crippen LogP contribution in [0.1, 0.15) is 6.92 Å². The molecular weight excluding hydrogens is 271 g/mol. The molecule has 2 aromatic rings. The topological polar surface area (TPSA) is 47.0 Å². The summed E-state index contributed by atoms with van der Waals surface area (Å²) in [6.45, 7) is 2.41. The Balaban J connectivity index is 2.64. The second-order valence-electron chi connectivity index (χ2n) is 3.86. The van der Waals surface area contributed by atoms with Crippen LogP contribution in [-0.4, -0.2) is 23.6 Å². The van der Waals surface area contributed by atoms with Crippen LogP contribution in [0.5, 0.6) is 5.75 Å². The van der Waals surface area contributed by atoms with Crippen molar-refractivity contribution in [3.63, 3.8) is 0 Å². The number of rotatable bonds is 4. The summed E-state index contributed by atoms with van der Waals surface area (Å²) in [6, 6.07) is 1.94. The number of aromatic nitrogens is 2. The zero-order chi connectivity index (χ0) is 14.7. The molecule has 0 aliphatic carbocycles. The molecule has 20 heavy (non-hydrogen) atoms. The number of methoxy groups -OCH3 is 1. The Kier molecular flexibility index (Phi) is 4.07. The summed E-state index contributed by atoms with van der Waals surface area (Å²) < 4.78 is 45.2.